The van der Waals surface area contributed by atoms with E-state index >= 15 is 0 Å². The van der Waals surface area contributed by atoms with Gasteiger partial charge in [-0.2, -0.15) is 0 Å². The van der Waals surface area contributed by atoms with Gasteiger partial charge in [0.1, 0.15) is 11.4 Å². The summed E-state index contributed by atoms with van der Waals surface area (Å²) in [5.41, 5.74) is -0.253. The number of carbonyl (C=O) groups is 2. The first-order valence-electron chi connectivity index (χ1n) is 7.19. The first-order chi connectivity index (χ1) is 10.2. The second-order valence-corrected chi connectivity index (χ2v) is 6.39. The molecule has 2 rings (SSSR count). The zero-order chi connectivity index (χ0) is 16.3. The van der Waals surface area contributed by atoms with Crippen molar-refractivity contribution >= 4 is 12.1 Å². The highest BCUT2D eigenvalue weighted by atomic mass is 16.6. The second kappa shape index (κ2) is 6.25. The number of hydrogen-bond acceptors (Lipinski definition) is 4. The molecule has 0 bridgehead atoms. The third-order valence-corrected chi connectivity index (χ3v) is 3.20. The molecule has 6 heteroatoms. The minimum Gasteiger partial charge on any atom is -0.493 e. The van der Waals surface area contributed by atoms with Crippen molar-refractivity contribution in [3.8, 4) is 5.75 Å². The SMILES string of the molecule is CC(C)(C)OC(=O)N1CC(COc2ccc(C(=O)O)cc2)C1. The molecule has 1 aliphatic heterocycles. The number of carboxylic acids is 1. The van der Waals surface area contributed by atoms with Crippen molar-refractivity contribution < 1.29 is 24.2 Å². The molecule has 1 aromatic rings. The van der Waals surface area contributed by atoms with Crippen molar-refractivity contribution in [1.29, 1.82) is 0 Å². The number of rotatable bonds is 4. The molecule has 1 aromatic carbocycles. The average Bonchev–Trinajstić information content (AvgIpc) is 2.35. The maximum Gasteiger partial charge on any atom is 0.410 e. The fourth-order valence-electron chi connectivity index (χ4n) is 2.06. The van der Waals surface area contributed by atoms with Gasteiger partial charge in [0, 0.05) is 19.0 Å². The van der Waals surface area contributed by atoms with Gasteiger partial charge in [0.15, 0.2) is 0 Å². The zero-order valence-corrected chi connectivity index (χ0v) is 13.0. The van der Waals surface area contributed by atoms with Gasteiger partial charge in [0.05, 0.1) is 12.2 Å². The van der Waals surface area contributed by atoms with Gasteiger partial charge in [-0.05, 0) is 45.0 Å². The molecule has 0 saturated carbocycles. The van der Waals surface area contributed by atoms with Crippen LogP contribution in [-0.4, -0.2) is 47.4 Å². The van der Waals surface area contributed by atoms with E-state index in [9.17, 15) is 9.59 Å². The molecule has 1 fully saturated rings. The topological polar surface area (TPSA) is 76.1 Å². The molecule has 120 valence electrons. The number of benzene rings is 1. The Morgan fingerprint density at radius 3 is 2.32 bits per heavy atom. The van der Waals surface area contributed by atoms with E-state index in [1.165, 1.54) is 12.1 Å². The zero-order valence-electron chi connectivity index (χ0n) is 13.0. The van der Waals surface area contributed by atoms with Crippen LogP contribution in [0.3, 0.4) is 0 Å². The Hall–Kier alpha value is -2.24. The lowest BCUT2D eigenvalue weighted by molar-refractivity contribution is -0.00781. The van der Waals surface area contributed by atoms with Crippen LogP contribution in [0.2, 0.25) is 0 Å². The Balaban J connectivity index is 1.72. The largest absolute Gasteiger partial charge is 0.493 e. The lowest BCUT2D eigenvalue weighted by atomic mass is 10.0. The van der Waals surface area contributed by atoms with Crippen LogP contribution in [0.5, 0.6) is 5.75 Å². The number of hydrogen-bond donors (Lipinski definition) is 1. The van der Waals surface area contributed by atoms with Crippen LogP contribution in [0.4, 0.5) is 4.79 Å². The second-order valence-electron chi connectivity index (χ2n) is 6.39. The van der Waals surface area contributed by atoms with Gasteiger partial charge < -0.3 is 19.5 Å². The van der Waals surface area contributed by atoms with Crippen LogP contribution in [0.15, 0.2) is 24.3 Å². The summed E-state index contributed by atoms with van der Waals surface area (Å²) >= 11 is 0. The summed E-state index contributed by atoms with van der Waals surface area (Å²) in [7, 11) is 0. The predicted octanol–water partition coefficient (Wildman–Crippen LogP) is 2.63. The Morgan fingerprint density at radius 2 is 1.82 bits per heavy atom. The molecule has 0 aliphatic carbocycles. The van der Waals surface area contributed by atoms with E-state index in [-0.39, 0.29) is 17.6 Å². The highest BCUT2D eigenvalue weighted by molar-refractivity contribution is 5.87. The Morgan fingerprint density at radius 1 is 1.23 bits per heavy atom. The van der Waals surface area contributed by atoms with E-state index in [4.69, 9.17) is 14.6 Å². The molecule has 1 amide bonds. The van der Waals surface area contributed by atoms with Crippen LogP contribution in [0.25, 0.3) is 0 Å². The summed E-state index contributed by atoms with van der Waals surface area (Å²) in [6.45, 7) is 7.24. The first kappa shape index (κ1) is 16.1. The summed E-state index contributed by atoms with van der Waals surface area (Å²) < 4.78 is 10.9. The molecule has 1 N–H and O–H groups in total. The van der Waals surface area contributed by atoms with Gasteiger partial charge in [-0.3, -0.25) is 0 Å². The van der Waals surface area contributed by atoms with Crippen molar-refractivity contribution in [1.82, 2.24) is 4.90 Å². The van der Waals surface area contributed by atoms with Crippen molar-refractivity contribution in [2.75, 3.05) is 19.7 Å². The molecular formula is C16H21NO5. The Bertz CT molecular complexity index is 541. The van der Waals surface area contributed by atoms with Crippen LogP contribution in [0.1, 0.15) is 31.1 Å². The van der Waals surface area contributed by atoms with Crippen LogP contribution in [-0.2, 0) is 4.74 Å². The van der Waals surface area contributed by atoms with Crippen molar-refractivity contribution in [3.05, 3.63) is 29.8 Å². The van der Waals surface area contributed by atoms with Crippen molar-refractivity contribution in [2.24, 2.45) is 5.92 Å². The summed E-state index contributed by atoms with van der Waals surface area (Å²) in [5.74, 6) is -0.0640. The molecular weight excluding hydrogens is 286 g/mol. The van der Waals surface area contributed by atoms with Crippen molar-refractivity contribution in [2.45, 2.75) is 26.4 Å². The molecule has 0 radical (unpaired) electrons. The normalized spacial score (nSPS) is 15.1. The quantitative estimate of drug-likeness (QED) is 0.925. The van der Waals surface area contributed by atoms with Gasteiger partial charge in [0.25, 0.3) is 0 Å². The van der Waals surface area contributed by atoms with Crippen LogP contribution in [0, 0.1) is 5.92 Å². The summed E-state index contributed by atoms with van der Waals surface area (Å²) in [4.78, 5) is 24.2. The smallest absolute Gasteiger partial charge is 0.410 e. The summed E-state index contributed by atoms with van der Waals surface area (Å²) in [6.07, 6.45) is -0.297. The lowest BCUT2D eigenvalue weighted by Crippen LogP contribution is -2.53. The molecule has 1 aliphatic rings. The number of carbonyl (C=O) groups excluding carboxylic acids is 1. The number of aromatic carboxylic acids is 1. The number of nitrogens with zero attached hydrogens (tertiary/aromatic N) is 1. The number of carboxylic acid groups (broad SMARTS) is 1. The third kappa shape index (κ3) is 4.38. The minimum atomic E-state index is -0.960. The first-order valence-corrected chi connectivity index (χ1v) is 7.19. The monoisotopic (exact) mass is 307 g/mol. The highest BCUT2D eigenvalue weighted by Crippen LogP contribution is 2.21. The molecule has 6 nitrogen and oxygen atoms in total. The number of amides is 1. The molecule has 1 saturated heterocycles. The van der Waals surface area contributed by atoms with E-state index in [2.05, 4.69) is 0 Å². The molecule has 0 spiro atoms. The summed E-state index contributed by atoms with van der Waals surface area (Å²) in [5, 5.41) is 8.81. The molecule has 0 aromatic heterocycles. The number of likely N-dealkylation sites (tertiary alicyclic amines) is 1. The van der Waals surface area contributed by atoms with E-state index in [0.717, 1.165) is 0 Å². The molecule has 22 heavy (non-hydrogen) atoms. The third-order valence-electron chi connectivity index (χ3n) is 3.20. The van der Waals surface area contributed by atoms with E-state index in [1.807, 2.05) is 20.8 Å². The van der Waals surface area contributed by atoms with Gasteiger partial charge >= 0.3 is 12.1 Å². The Labute approximate surface area is 129 Å². The average molecular weight is 307 g/mol. The minimum absolute atomic E-state index is 0.229. The fraction of sp³-hybridized carbons (Fsp3) is 0.500. The predicted molar refractivity (Wildman–Crippen MR) is 80.2 cm³/mol. The van der Waals surface area contributed by atoms with Gasteiger partial charge in [-0.1, -0.05) is 0 Å². The maximum absolute atomic E-state index is 11.8. The van der Waals surface area contributed by atoms with E-state index < -0.39 is 11.6 Å². The van der Waals surface area contributed by atoms with E-state index in [1.54, 1.807) is 17.0 Å². The van der Waals surface area contributed by atoms with Gasteiger partial charge in [-0.25, -0.2) is 9.59 Å². The number of ether oxygens (including phenoxy) is 2. The van der Waals surface area contributed by atoms with E-state index in [0.29, 0.717) is 25.4 Å². The van der Waals surface area contributed by atoms with Gasteiger partial charge in [0.2, 0.25) is 0 Å². The van der Waals surface area contributed by atoms with Crippen LogP contribution < -0.4 is 4.74 Å². The molecule has 0 atom stereocenters. The van der Waals surface area contributed by atoms with Gasteiger partial charge in [-0.15, -0.1) is 0 Å². The standard InChI is InChI=1S/C16H21NO5/c1-16(2,3)22-15(20)17-8-11(9-17)10-21-13-6-4-12(5-7-13)14(18)19/h4-7,11H,8-10H2,1-3H3,(H,18,19). The maximum atomic E-state index is 11.8. The van der Waals surface area contributed by atoms with Crippen molar-refractivity contribution in [3.63, 3.8) is 0 Å². The molecule has 0 unspecified atom stereocenters. The van der Waals surface area contributed by atoms with Crippen LogP contribution >= 0.6 is 0 Å². The fourth-order valence-corrected chi connectivity index (χ4v) is 2.06. The highest BCUT2D eigenvalue weighted by Gasteiger charge is 2.33. The Kier molecular flexibility index (Phi) is 4.59. The molecule has 1 heterocycles. The lowest BCUT2D eigenvalue weighted by Gasteiger charge is -2.39. The summed E-state index contributed by atoms with van der Waals surface area (Å²) in [6, 6.07) is 6.28.